The van der Waals surface area contributed by atoms with E-state index in [2.05, 4.69) is 5.32 Å². The molecule has 1 aliphatic heterocycles. The lowest BCUT2D eigenvalue weighted by molar-refractivity contribution is -0.145. The van der Waals surface area contributed by atoms with E-state index in [0.717, 1.165) is 25.7 Å². The van der Waals surface area contributed by atoms with Crippen LogP contribution in [0, 0.1) is 0 Å². The first-order chi connectivity index (χ1) is 7.75. The van der Waals surface area contributed by atoms with Crippen molar-refractivity contribution in [3.8, 4) is 0 Å². The van der Waals surface area contributed by atoms with E-state index in [0.29, 0.717) is 31.9 Å². The van der Waals surface area contributed by atoms with Crippen molar-refractivity contribution in [2.24, 2.45) is 0 Å². The van der Waals surface area contributed by atoms with Crippen LogP contribution in [0.2, 0.25) is 0 Å². The van der Waals surface area contributed by atoms with E-state index in [1.54, 1.807) is 4.90 Å². The number of carbonyl (C=O) groups is 2. The molecule has 0 atom stereocenters. The summed E-state index contributed by atoms with van der Waals surface area (Å²) in [6.45, 7) is 1.89. The van der Waals surface area contributed by atoms with Gasteiger partial charge in [0.05, 0.1) is 0 Å². The highest BCUT2D eigenvalue weighted by Gasteiger charge is 2.21. The highest BCUT2D eigenvalue weighted by molar-refractivity contribution is 6.35. The Labute approximate surface area is 101 Å². The summed E-state index contributed by atoms with van der Waals surface area (Å²) in [5, 5.41) is 2.59. The number of rotatable bonds is 3. The van der Waals surface area contributed by atoms with Gasteiger partial charge in [-0.1, -0.05) is 12.8 Å². The Kier molecular flexibility index (Phi) is 6.23. The van der Waals surface area contributed by atoms with Gasteiger partial charge >= 0.3 is 11.8 Å². The van der Waals surface area contributed by atoms with E-state index in [-0.39, 0.29) is 0 Å². The van der Waals surface area contributed by atoms with E-state index >= 15 is 0 Å². The fraction of sp³-hybridized carbons (Fsp3) is 0.818. The number of nitrogens with one attached hydrogen (secondary N) is 1. The molecule has 1 N–H and O–H groups in total. The molecule has 1 rings (SSSR count). The lowest BCUT2D eigenvalue weighted by Gasteiger charge is -2.19. The number of halogens is 1. The van der Waals surface area contributed by atoms with Gasteiger partial charge in [0.25, 0.3) is 0 Å². The largest absolute Gasteiger partial charge is 0.348 e. The van der Waals surface area contributed by atoms with Crippen molar-refractivity contribution in [2.45, 2.75) is 32.1 Å². The quantitative estimate of drug-likeness (QED) is 0.461. The molecule has 2 amide bonds. The summed E-state index contributed by atoms with van der Waals surface area (Å²) < 4.78 is 0. The zero-order chi connectivity index (χ0) is 11.8. The number of hydrogen-bond acceptors (Lipinski definition) is 2. The van der Waals surface area contributed by atoms with Gasteiger partial charge in [-0.2, -0.15) is 0 Å². The normalized spacial score (nSPS) is 16.7. The summed E-state index contributed by atoms with van der Waals surface area (Å²) >= 11 is 5.49. The summed E-state index contributed by atoms with van der Waals surface area (Å²) in [4.78, 5) is 24.9. The molecular weight excluding hydrogens is 228 g/mol. The van der Waals surface area contributed by atoms with E-state index in [1.807, 2.05) is 0 Å². The van der Waals surface area contributed by atoms with Crippen molar-refractivity contribution < 1.29 is 9.59 Å². The maximum Gasteiger partial charge on any atom is 0.311 e. The molecule has 92 valence electrons. The molecule has 1 fully saturated rings. The number of nitrogens with zero attached hydrogens (tertiary/aromatic N) is 1. The molecule has 16 heavy (non-hydrogen) atoms. The molecule has 0 bridgehead atoms. The number of carbonyl (C=O) groups excluding carboxylic acids is 2. The van der Waals surface area contributed by atoms with Crippen molar-refractivity contribution in [3.63, 3.8) is 0 Å². The molecule has 1 saturated heterocycles. The van der Waals surface area contributed by atoms with Crippen molar-refractivity contribution >= 4 is 23.4 Å². The van der Waals surface area contributed by atoms with Crippen molar-refractivity contribution in [1.82, 2.24) is 10.2 Å². The first kappa shape index (κ1) is 13.3. The second kappa shape index (κ2) is 7.49. The highest BCUT2D eigenvalue weighted by Crippen LogP contribution is 2.09. The molecule has 1 aliphatic rings. The van der Waals surface area contributed by atoms with Gasteiger partial charge in [-0.25, -0.2) is 0 Å². The molecule has 0 aliphatic carbocycles. The second-order valence-electron chi connectivity index (χ2n) is 4.00. The molecule has 0 aromatic heterocycles. The van der Waals surface area contributed by atoms with E-state index in [4.69, 9.17) is 11.6 Å². The fourth-order valence-electron chi connectivity index (χ4n) is 1.76. The van der Waals surface area contributed by atoms with E-state index in [9.17, 15) is 9.59 Å². The number of alkyl halides is 1. The summed E-state index contributed by atoms with van der Waals surface area (Å²) in [7, 11) is 0. The maximum atomic E-state index is 11.7. The van der Waals surface area contributed by atoms with Crippen LogP contribution in [-0.4, -0.2) is 42.2 Å². The predicted molar refractivity (Wildman–Crippen MR) is 63.4 cm³/mol. The van der Waals surface area contributed by atoms with Crippen LogP contribution in [0.1, 0.15) is 32.1 Å². The Morgan fingerprint density at radius 1 is 1.12 bits per heavy atom. The van der Waals surface area contributed by atoms with Gasteiger partial charge in [-0.05, 0) is 19.3 Å². The Hall–Kier alpha value is -0.770. The molecule has 0 unspecified atom stereocenters. The van der Waals surface area contributed by atoms with Gasteiger partial charge in [-0.15, -0.1) is 11.6 Å². The van der Waals surface area contributed by atoms with Crippen molar-refractivity contribution in [2.75, 3.05) is 25.5 Å². The fourth-order valence-corrected chi connectivity index (χ4v) is 1.90. The van der Waals surface area contributed by atoms with Crippen LogP contribution in [-0.2, 0) is 9.59 Å². The Morgan fingerprint density at radius 2 is 1.75 bits per heavy atom. The third kappa shape index (κ3) is 4.39. The Morgan fingerprint density at radius 3 is 2.31 bits per heavy atom. The lowest BCUT2D eigenvalue weighted by atomic mass is 10.2. The number of likely N-dealkylation sites (tertiary alicyclic amines) is 1. The minimum Gasteiger partial charge on any atom is -0.348 e. The molecular formula is C11H19ClN2O2. The number of amides is 2. The zero-order valence-corrected chi connectivity index (χ0v) is 10.3. The third-order valence-corrected chi connectivity index (χ3v) is 2.95. The summed E-state index contributed by atoms with van der Waals surface area (Å²) in [5.74, 6) is -0.387. The van der Waals surface area contributed by atoms with Gasteiger partial charge in [0.15, 0.2) is 0 Å². The van der Waals surface area contributed by atoms with Crippen LogP contribution in [0.25, 0.3) is 0 Å². The Bertz CT molecular complexity index is 238. The first-order valence-corrected chi connectivity index (χ1v) is 6.42. The van der Waals surface area contributed by atoms with E-state index in [1.165, 1.54) is 0 Å². The van der Waals surface area contributed by atoms with Crippen LogP contribution < -0.4 is 5.32 Å². The molecule has 4 nitrogen and oxygen atoms in total. The van der Waals surface area contributed by atoms with Crippen LogP contribution in [0.3, 0.4) is 0 Å². The molecule has 5 heteroatoms. The van der Waals surface area contributed by atoms with Gasteiger partial charge in [0.1, 0.15) is 0 Å². The monoisotopic (exact) mass is 246 g/mol. The molecule has 0 radical (unpaired) electrons. The van der Waals surface area contributed by atoms with Gasteiger partial charge < -0.3 is 10.2 Å². The standard InChI is InChI=1S/C11H19ClN2O2/c12-6-5-7-13-10(15)11(16)14-8-3-1-2-4-9-14/h1-9H2,(H,13,15). The summed E-state index contributed by atoms with van der Waals surface area (Å²) in [5.41, 5.74) is 0. The van der Waals surface area contributed by atoms with Crippen molar-refractivity contribution in [3.05, 3.63) is 0 Å². The molecule has 0 spiro atoms. The van der Waals surface area contributed by atoms with Gasteiger partial charge in [0.2, 0.25) is 0 Å². The highest BCUT2D eigenvalue weighted by atomic mass is 35.5. The minimum absolute atomic E-state index is 0.392. The molecule has 0 aromatic carbocycles. The lowest BCUT2D eigenvalue weighted by Crippen LogP contribution is -2.43. The molecule has 1 heterocycles. The molecule has 0 saturated carbocycles. The topological polar surface area (TPSA) is 49.4 Å². The van der Waals surface area contributed by atoms with Crippen LogP contribution in [0.4, 0.5) is 0 Å². The molecule has 0 aromatic rings. The summed E-state index contributed by atoms with van der Waals surface area (Å²) in [6, 6.07) is 0. The second-order valence-corrected chi connectivity index (χ2v) is 4.38. The minimum atomic E-state index is -0.494. The summed E-state index contributed by atoms with van der Waals surface area (Å²) in [6.07, 6.45) is 5.00. The SMILES string of the molecule is O=C(NCCCCl)C(=O)N1CCCCCC1. The maximum absolute atomic E-state index is 11.7. The van der Waals surface area contributed by atoms with Crippen LogP contribution in [0.5, 0.6) is 0 Å². The van der Waals surface area contributed by atoms with E-state index < -0.39 is 11.8 Å². The smallest absolute Gasteiger partial charge is 0.311 e. The van der Waals surface area contributed by atoms with Crippen molar-refractivity contribution in [1.29, 1.82) is 0 Å². The van der Waals surface area contributed by atoms with Gasteiger partial charge in [-0.3, -0.25) is 9.59 Å². The Balaban J connectivity index is 2.33. The predicted octanol–water partition coefficient (Wildman–Crippen LogP) is 1.13. The number of hydrogen-bond donors (Lipinski definition) is 1. The zero-order valence-electron chi connectivity index (χ0n) is 9.51. The third-order valence-electron chi connectivity index (χ3n) is 2.68. The average molecular weight is 247 g/mol. The van der Waals surface area contributed by atoms with Gasteiger partial charge in [0, 0.05) is 25.5 Å². The van der Waals surface area contributed by atoms with Crippen LogP contribution >= 0.6 is 11.6 Å². The average Bonchev–Trinajstić information content (AvgIpc) is 2.56. The first-order valence-electron chi connectivity index (χ1n) is 5.89. The van der Waals surface area contributed by atoms with Crippen LogP contribution in [0.15, 0.2) is 0 Å².